The van der Waals surface area contributed by atoms with E-state index in [1.807, 2.05) is 0 Å². The summed E-state index contributed by atoms with van der Waals surface area (Å²) in [7, 11) is -4.16. The normalized spacial score (nSPS) is 11.2. The molecule has 0 heterocycles. The number of nitrogens with two attached hydrogens (primary N) is 1. The Morgan fingerprint density at radius 1 is 1.29 bits per heavy atom. The van der Waals surface area contributed by atoms with Crippen LogP contribution in [0, 0.1) is 0 Å². The zero-order chi connectivity index (χ0) is 10.8. The Hall–Kier alpha value is -1.40. The monoisotopic (exact) mass is 215 g/mol. The summed E-state index contributed by atoms with van der Waals surface area (Å²) >= 11 is 0. The zero-order valence-corrected chi connectivity index (χ0v) is 7.99. The zero-order valence-electron chi connectivity index (χ0n) is 7.17. The fourth-order valence-corrected chi connectivity index (χ4v) is 1.46. The number of hydrogen-bond donors (Lipinski definition) is 2. The fraction of sp³-hybridized carbons (Fsp3) is 0.125. The average Bonchev–Trinajstić information content (AvgIpc) is 2.02. The number of hydrogen-bond acceptors (Lipinski definition) is 3. The van der Waals surface area contributed by atoms with Gasteiger partial charge in [-0.05, 0) is 17.7 Å². The van der Waals surface area contributed by atoms with Crippen molar-refractivity contribution in [3.8, 4) is 0 Å². The number of rotatable bonds is 3. The quantitative estimate of drug-likeness (QED) is 0.691. The molecule has 1 aromatic carbocycles. The van der Waals surface area contributed by atoms with Crippen molar-refractivity contribution in [2.24, 2.45) is 5.73 Å². The van der Waals surface area contributed by atoms with Gasteiger partial charge in [-0.2, -0.15) is 8.42 Å². The van der Waals surface area contributed by atoms with Crippen molar-refractivity contribution in [3.05, 3.63) is 29.8 Å². The third kappa shape index (κ3) is 2.82. The summed E-state index contributed by atoms with van der Waals surface area (Å²) in [5.74, 6) is -0.496. The van der Waals surface area contributed by atoms with E-state index in [0.29, 0.717) is 5.56 Å². The number of carbonyl (C=O) groups excluding carboxylic acids is 1. The van der Waals surface area contributed by atoms with Gasteiger partial charge in [0.05, 0.1) is 11.3 Å². The summed E-state index contributed by atoms with van der Waals surface area (Å²) in [5, 5.41) is 0. The number of amides is 1. The van der Waals surface area contributed by atoms with Crippen molar-refractivity contribution in [1.29, 1.82) is 0 Å². The second kappa shape index (κ2) is 3.77. The van der Waals surface area contributed by atoms with E-state index in [2.05, 4.69) is 0 Å². The molecule has 0 aliphatic heterocycles. The molecule has 1 aromatic rings. The molecule has 1 amide bonds. The third-order valence-corrected chi connectivity index (χ3v) is 2.47. The van der Waals surface area contributed by atoms with Gasteiger partial charge in [-0.3, -0.25) is 9.35 Å². The minimum atomic E-state index is -4.16. The highest BCUT2D eigenvalue weighted by Crippen LogP contribution is 2.10. The second-order valence-electron chi connectivity index (χ2n) is 2.76. The number of primary amides is 1. The van der Waals surface area contributed by atoms with Crippen LogP contribution in [-0.4, -0.2) is 18.9 Å². The molecule has 0 saturated heterocycles. The molecule has 1 rings (SSSR count). The van der Waals surface area contributed by atoms with Crippen molar-refractivity contribution in [2.45, 2.75) is 11.3 Å². The highest BCUT2D eigenvalue weighted by Gasteiger charge is 2.08. The van der Waals surface area contributed by atoms with Crippen LogP contribution >= 0.6 is 0 Å². The number of carbonyl (C=O) groups is 1. The molecule has 0 atom stereocenters. The summed E-state index contributed by atoms with van der Waals surface area (Å²) < 4.78 is 29.9. The van der Waals surface area contributed by atoms with Crippen LogP contribution in [0.25, 0.3) is 0 Å². The molecule has 76 valence electrons. The van der Waals surface area contributed by atoms with E-state index in [1.165, 1.54) is 24.3 Å². The van der Waals surface area contributed by atoms with Crippen LogP contribution < -0.4 is 5.73 Å². The maximum Gasteiger partial charge on any atom is 0.294 e. The first-order valence-electron chi connectivity index (χ1n) is 3.74. The molecule has 0 fully saturated rings. The molecular formula is C8H9NO4S. The summed E-state index contributed by atoms with van der Waals surface area (Å²) in [6.45, 7) is 0. The van der Waals surface area contributed by atoms with Crippen LogP contribution in [0.3, 0.4) is 0 Å². The minimum absolute atomic E-state index is 0.0474. The van der Waals surface area contributed by atoms with Crippen molar-refractivity contribution in [3.63, 3.8) is 0 Å². The molecular weight excluding hydrogens is 206 g/mol. The number of benzene rings is 1. The summed E-state index contributed by atoms with van der Waals surface area (Å²) in [6.07, 6.45) is 0.0474. The molecule has 6 heteroatoms. The SMILES string of the molecule is NC(=O)Cc1ccc(S(=O)(=O)O)cc1. The molecule has 0 bridgehead atoms. The van der Waals surface area contributed by atoms with Crippen LogP contribution in [0.1, 0.15) is 5.56 Å². The first kappa shape index (κ1) is 10.7. The maximum atomic E-state index is 10.6. The Kier molecular flexibility index (Phi) is 2.87. The highest BCUT2D eigenvalue weighted by atomic mass is 32.2. The molecule has 0 aromatic heterocycles. The van der Waals surface area contributed by atoms with Crippen molar-refractivity contribution in [2.75, 3.05) is 0 Å². The van der Waals surface area contributed by atoms with Gasteiger partial charge < -0.3 is 5.73 Å². The standard InChI is InChI=1S/C8H9NO4S/c9-8(10)5-6-1-3-7(4-2-6)14(11,12)13/h1-4H,5H2,(H2,9,10)(H,11,12,13). The Labute approximate surface area is 81.3 Å². The smallest absolute Gasteiger partial charge is 0.294 e. The summed E-state index contributed by atoms with van der Waals surface area (Å²) in [6, 6.07) is 5.28. The Bertz CT molecular complexity index is 435. The average molecular weight is 215 g/mol. The Morgan fingerprint density at radius 2 is 1.79 bits per heavy atom. The van der Waals surface area contributed by atoms with Crippen LogP contribution in [0.15, 0.2) is 29.2 Å². The van der Waals surface area contributed by atoms with Crippen molar-refractivity contribution < 1.29 is 17.8 Å². The lowest BCUT2D eigenvalue weighted by atomic mass is 10.1. The first-order chi connectivity index (χ1) is 6.39. The Morgan fingerprint density at radius 3 is 2.14 bits per heavy atom. The highest BCUT2D eigenvalue weighted by molar-refractivity contribution is 7.85. The van der Waals surface area contributed by atoms with Gasteiger partial charge in [0.1, 0.15) is 0 Å². The summed E-state index contributed by atoms with van der Waals surface area (Å²) in [5.41, 5.74) is 5.54. The van der Waals surface area contributed by atoms with E-state index in [-0.39, 0.29) is 11.3 Å². The van der Waals surface area contributed by atoms with Crippen LogP contribution in [-0.2, 0) is 21.3 Å². The largest absolute Gasteiger partial charge is 0.369 e. The third-order valence-electron chi connectivity index (χ3n) is 1.60. The second-order valence-corrected chi connectivity index (χ2v) is 4.18. The summed E-state index contributed by atoms with van der Waals surface area (Å²) in [4.78, 5) is 10.3. The van der Waals surface area contributed by atoms with Crippen LogP contribution in [0.4, 0.5) is 0 Å². The van der Waals surface area contributed by atoms with E-state index >= 15 is 0 Å². The van der Waals surface area contributed by atoms with Crippen molar-refractivity contribution in [1.82, 2.24) is 0 Å². The molecule has 5 nitrogen and oxygen atoms in total. The predicted molar refractivity (Wildman–Crippen MR) is 49.2 cm³/mol. The molecule has 0 saturated carbocycles. The lowest BCUT2D eigenvalue weighted by molar-refractivity contribution is -0.117. The lowest BCUT2D eigenvalue weighted by Crippen LogP contribution is -2.13. The van der Waals surface area contributed by atoms with E-state index < -0.39 is 16.0 Å². The van der Waals surface area contributed by atoms with Gasteiger partial charge in [-0.15, -0.1) is 0 Å². The molecule has 0 aliphatic rings. The molecule has 0 unspecified atom stereocenters. The van der Waals surface area contributed by atoms with Gasteiger partial charge in [0, 0.05) is 0 Å². The first-order valence-corrected chi connectivity index (χ1v) is 5.18. The fourth-order valence-electron chi connectivity index (χ4n) is 0.980. The predicted octanol–water partition coefficient (Wildman–Crippen LogP) is -0.0389. The van der Waals surface area contributed by atoms with Crippen LogP contribution in [0.2, 0.25) is 0 Å². The van der Waals surface area contributed by atoms with Gasteiger partial charge in [0.25, 0.3) is 10.1 Å². The van der Waals surface area contributed by atoms with Gasteiger partial charge in [0.15, 0.2) is 0 Å². The molecule has 0 aliphatic carbocycles. The van der Waals surface area contributed by atoms with Gasteiger partial charge in [-0.1, -0.05) is 12.1 Å². The van der Waals surface area contributed by atoms with Crippen molar-refractivity contribution >= 4 is 16.0 Å². The lowest BCUT2D eigenvalue weighted by Gasteiger charge is -1.99. The van der Waals surface area contributed by atoms with Crippen LogP contribution in [0.5, 0.6) is 0 Å². The van der Waals surface area contributed by atoms with E-state index in [1.54, 1.807) is 0 Å². The molecule has 3 N–H and O–H groups in total. The topological polar surface area (TPSA) is 97.5 Å². The van der Waals surface area contributed by atoms with E-state index in [9.17, 15) is 13.2 Å². The van der Waals surface area contributed by atoms with Gasteiger partial charge in [0.2, 0.25) is 5.91 Å². The van der Waals surface area contributed by atoms with E-state index in [4.69, 9.17) is 10.3 Å². The maximum absolute atomic E-state index is 10.6. The van der Waals surface area contributed by atoms with E-state index in [0.717, 1.165) is 0 Å². The molecule has 0 spiro atoms. The molecule has 0 radical (unpaired) electrons. The Balaban J connectivity index is 2.95. The van der Waals surface area contributed by atoms with Gasteiger partial charge >= 0.3 is 0 Å². The molecule has 14 heavy (non-hydrogen) atoms. The van der Waals surface area contributed by atoms with Gasteiger partial charge in [-0.25, -0.2) is 0 Å². The minimum Gasteiger partial charge on any atom is -0.369 e.